The Bertz CT molecular complexity index is 956. The van der Waals surface area contributed by atoms with Gasteiger partial charge in [0.1, 0.15) is 0 Å². The highest BCUT2D eigenvalue weighted by Crippen LogP contribution is 2.34. The molecule has 0 spiro atoms. The van der Waals surface area contributed by atoms with Gasteiger partial charge in [-0.25, -0.2) is 8.42 Å². The van der Waals surface area contributed by atoms with Crippen LogP contribution in [0.1, 0.15) is 34.0 Å². The Morgan fingerprint density at radius 3 is 2.61 bits per heavy atom. The molecule has 0 radical (unpaired) electrons. The van der Waals surface area contributed by atoms with Crippen LogP contribution in [0.4, 0.5) is 5.69 Å². The molecule has 2 aromatic rings. The van der Waals surface area contributed by atoms with Crippen molar-refractivity contribution in [2.45, 2.75) is 32.1 Å². The molecule has 1 heterocycles. The molecule has 150 valence electrons. The zero-order valence-electron chi connectivity index (χ0n) is 16.4. The third-order valence-electron chi connectivity index (χ3n) is 4.77. The first kappa shape index (κ1) is 20.7. The van der Waals surface area contributed by atoms with E-state index in [0.717, 1.165) is 17.1 Å². The van der Waals surface area contributed by atoms with Crippen molar-refractivity contribution in [2.24, 2.45) is 0 Å². The molecule has 1 unspecified atom stereocenters. The Morgan fingerprint density at radius 1 is 1.21 bits per heavy atom. The monoisotopic (exact) mass is 418 g/mol. The lowest BCUT2D eigenvalue weighted by molar-refractivity contribution is 0.0956. The molecule has 1 amide bonds. The number of sulfonamides is 1. The van der Waals surface area contributed by atoms with Gasteiger partial charge in [0.25, 0.3) is 5.91 Å². The second-order valence-electron chi connectivity index (χ2n) is 7.25. The van der Waals surface area contributed by atoms with Gasteiger partial charge in [-0.15, -0.1) is 0 Å². The fourth-order valence-corrected chi connectivity index (χ4v) is 5.55. The molecule has 1 aliphatic heterocycles. The van der Waals surface area contributed by atoms with Crippen molar-refractivity contribution in [1.82, 2.24) is 5.32 Å². The van der Waals surface area contributed by atoms with Crippen molar-refractivity contribution in [1.29, 1.82) is 0 Å². The number of nitrogens with zero attached hydrogens (tertiary/aromatic N) is 1. The minimum Gasteiger partial charge on any atom is -0.351 e. The Hall–Kier alpha value is -1.99. The number of hydrogen-bond donors (Lipinski definition) is 1. The van der Waals surface area contributed by atoms with Crippen LogP contribution in [0, 0.1) is 6.92 Å². The van der Waals surface area contributed by atoms with Crippen LogP contribution in [0.15, 0.2) is 42.5 Å². The van der Waals surface area contributed by atoms with Gasteiger partial charge in [0, 0.05) is 29.7 Å². The molecule has 0 fully saturated rings. The van der Waals surface area contributed by atoms with Crippen molar-refractivity contribution in [3.8, 4) is 0 Å². The zero-order valence-corrected chi connectivity index (χ0v) is 18.1. The van der Waals surface area contributed by atoms with Gasteiger partial charge in [-0.05, 0) is 49.6 Å². The standard InChI is InChI=1S/C21H26N2O3S2/c1-15-4-6-17(7-5-15)14-27-11-10-22-21(24)18-8-9-20-19(13-18)12-16(2)23(20)28(3,25)26/h4-9,13,16H,10-12,14H2,1-3H3,(H,22,24). The Kier molecular flexibility index (Phi) is 6.35. The molecule has 3 rings (SSSR count). The summed E-state index contributed by atoms with van der Waals surface area (Å²) in [6, 6.07) is 13.6. The maximum Gasteiger partial charge on any atom is 0.251 e. The summed E-state index contributed by atoms with van der Waals surface area (Å²) in [4.78, 5) is 12.4. The summed E-state index contributed by atoms with van der Waals surface area (Å²) in [5, 5.41) is 2.95. The van der Waals surface area contributed by atoms with Crippen LogP contribution in [0.25, 0.3) is 0 Å². The number of nitrogens with one attached hydrogen (secondary N) is 1. The number of benzene rings is 2. The maximum atomic E-state index is 12.4. The molecule has 0 saturated heterocycles. The summed E-state index contributed by atoms with van der Waals surface area (Å²) in [6.07, 6.45) is 1.84. The molecule has 1 atom stereocenters. The summed E-state index contributed by atoms with van der Waals surface area (Å²) in [5.41, 5.74) is 4.69. The van der Waals surface area contributed by atoms with E-state index >= 15 is 0 Å². The third kappa shape index (κ3) is 4.89. The second-order valence-corrected chi connectivity index (χ2v) is 10.2. The van der Waals surface area contributed by atoms with Gasteiger partial charge in [0.15, 0.2) is 0 Å². The fraction of sp³-hybridized carbons (Fsp3) is 0.381. The van der Waals surface area contributed by atoms with E-state index in [1.165, 1.54) is 21.7 Å². The van der Waals surface area contributed by atoms with Crippen LogP contribution >= 0.6 is 11.8 Å². The van der Waals surface area contributed by atoms with E-state index in [4.69, 9.17) is 0 Å². The molecule has 5 nitrogen and oxygen atoms in total. The lowest BCUT2D eigenvalue weighted by Gasteiger charge is -2.21. The Labute approximate surface area is 171 Å². The van der Waals surface area contributed by atoms with Crippen molar-refractivity contribution < 1.29 is 13.2 Å². The van der Waals surface area contributed by atoms with E-state index < -0.39 is 10.0 Å². The first-order valence-electron chi connectivity index (χ1n) is 9.29. The van der Waals surface area contributed by atoms with Crippen molar-refractivity contribution in [2.75, 3.05) is 22.9 Å². The normalized spacial score (nSPS) is 16.1. The summed E-state index contributed by atoms with van der Waals surface area (Å²) in [7, 11) is -3.31. The molecule has 0 saturated carbocycles. The number of fused-ring (bicyclic) bond motifs is 1. The zero-order chi connectivity index (χ0) is 20.3. The smallest absolute Gasteiger partial charge is 0.251 e. The highest BCUT2D eigenvalue weighted by atomic mass is 32.2. The van der Waals surface area contributed by atoms with E-state index in [-0.39, 0.29) is 11.9 Å². The molecule has 0 aliphatic carbocycles. The molecular formula is C21H26N2O3S2. The molecule has 0 aromatic heterocycles. The average Bonchev–Trinajstić information content (AvgIpc) is 2.97. The first-order valence-corrected chi connectivity index (χ1v) is 12.3. The molecule has 28 heavy (non-hydrogen) atoms. The van der Waals surface area contributed by atoms with Gasteiger partial charge in [-0.1, -0.05) is 29.8 Å². The predicted octanol–water partition coefficient (Wildman–Crippen LogP) is 3.37. The number of rotatable bonds is 7. The predicted molar refractivity (Wildman–Crippen MR) is 117 cm³/mol. The highest BCUT2D eigenvalue weighted by Gasteiger charge is 2.32. The van der Waals surface area contributed by atoms with Crippen LogP contribution in [-0.2, 0) is 22.2 Å². The summed E-state index contributed by atoms with van der Waals surface area (Å²) < 4.78 is 25.4. The third-order valence-corrected chi connectivity index (χ3v) is 7.07. The van der Waals surface area contributed by atoms with E-state index in [2.05, 4.69) is 36.5 Å². The number of carbonyl (C=O) groups is 1. The molecular weight excluding hydrogens is 392 g/mol. The Balaban J connectivity index is 1.52. The van der Waals surface area contributed by atoms with Crippen LogP contribution < -0.4 is 9.62 Å². The van der Waals surface area contributed by atoms with E-state index in [1.807, 2.05) is 13.0 Å². The van der Waals surface area contributed by atoms with E-state index in [0.29, 0.717) is 24.2 Å². The molecule has 7 heteroatoms. The van der Waals surface area contributed by atoms with Gasteiger partial charge >= 0.3 is 0 Å². The minimum absolute atomic E-state index is 0.121. The van der Waals surface area contributed by atoms with Crippen molar-refractivity contribution >= 4 is 33.4 Å². The van der Waals surface area contributed by atoms with Crippen molar-refractivity contribution in [3.05, 3.63) is 64.7 Å². The van der Waals surface area contributed by atoms with Crippen molar-refractivity contribution in [3.63, 3.8) is 0 Å². The second kappa shape index (κ2) is 8.57. The van der Waals surface area contributed by atoms with Gasteiger partial charge in [0.2, 0.25) is 10.0 Å². The number of aryl methyl sites for hydroxylation is 1. The first-order chi connectivity index (χ1) is 13.3. The van der Waals surface area contributed by atoms with Gasteiger partial charge in [-0.2, -0.15) is 11.8 Å². The maximum absolute atomic E-state index is 12.4. The summed E-state index contributed by atoms with van der Waals surface area (Å²) >= 11 is 1.78. The lowest BCUT2D eigenvalue weighted by Crippen LogP contribution is -2.34. The van der Waals surface area contributed by atoms with E-state index in [1.54, 1.807) is 23.9 Å². The van der Waals surface area contributed by atoms with Crippen LogP contribution in [-0.4, -0.2) is 38.9 Å². The molecule has 2 aromatic carbocycles. The summed E-state index contributed by atoms with van der Waals surface area (Å²) in [6.45, 7) is 4.55. The number of amides is 1. The quantitative estimate of drug-likeness (QED) is 0.700. The average molecular weight is 419 g/mol. The van der Waals surface area contributed by atoms with E-state index in [9.17, 15) is 13.2 Å². The molecule has 1 aliphatic rings. The Morgan fingerprint density at radius 2 is 1.93 bits per heavy atom. The number of thioether (sulfide) groups is 1. The molecule has 0 bridgehead atoms. The van der Waals surface area contributed by atoms with Gasteiger partial charge in [0.05, 0.1) is 11.9 Å². The number of carbonyl (C=O) groups excluding carboxylic acids is 1. The SMILES string of the molecule is Cc1ccc(CSCCNC(=O)c2ccc3c(c2)CC(C)N3S(C)(=O)=O)cc1. The van der Waals surface area contributed by atoms with Crippen LogP contribution in [0.3, 0.4) is 0 Å². The van der Waals surface area contributed by atoms with Crippen LogP contribution in [0.5, 0.6) is 0 Å². The minimum atomic E-state index is -3.31. The largest absolute Gasteiger partial charge is 0.351 e. The van der Waals surface area contributed by atoms with Gasteiger partial charge in [-0.3, -0.25) is 9.10 Å². The number of hydrogen-bond acceptors (Lipinski definition) is 4. The summed E-state index contributed by atoms with van der Waals surface area (Å²) in [5.74, 6) is 1.64. The van der Waals surface area contributed by atoms with Gasteiger partial charge < -0.3 is 5.32 Å². The fourth-order valence-electron chi connectivity index (χ4n) is 3.46. The lowest BCUT2D eigenvalue weighted by atomic mass is 10.1. The highest BCUT2D eigenvalue weighted by molar-refractivity contribution is 7.98. The van der Waals surface area contributed by atoms with Crippen LogP contribution in [0.2, 0.25) is 0 Å². The molecule has 1 N–H and O–H groups in total. The topological polar surface area (TPSA) is 66.5 Å². The number of anilines is 1.